The van der Waals surface area contributed by atoms with Gasteiger partial charge in [-0.15, -0.1) is 0 Å². The molecule has 6 nitrogen and oxygen atoms in total. The molecule has 0 amide bonds. The summed E-state index contributed by atoms with van der Waals surface area (Å²) < 4.78 is 45.0. The Morgan fingerprint density at radius 3 is 1.54 bits per heavy atom. The summed E-state index contributed by atoms with van der Waals surface area (Å²) >= 11 is 0. The average molecular weight is 557 g/mol. The highest BCUT2D eigenvalue weighted by Gasteiger charge is 2.51. The standard InChI is InChI=1S/C34H33FO6/c1-37-34-33(40-23-26-15-9-4-10-16-26)32(39-22-25-13-7-3-8-14-25)31(38-21-24-11-5-2-6-12-24)30(41-34)29(36)27-17-19-28(35)20-18-27/h2-20,30-34H,21-23H2,1H3/t30-,31-,32+,33-,34+/m1/s1. The third kappa shape index (κ3) is 7.52. The van der Waals surface area contributed by atoms with Crippen molar-refractivity contribution in [3.63, 3.8) is 0 Å². The first-order valence-corrected chi connectivity index (χ1v) is 13.6. The van der Waals surface area contributed by atoms with E-state index in [9.17, 15) is 9.18 Å². The molecule has 4 aromatic carbocycles. The zero-order valence-corrected chi connectivity index (χ0v) is 22.8. The summed E-state index contributed by atoms with van der Waals surface area (Å²) in [5.41, 5.74) is 3.15. The fraction of sp³-hybridized carbons (Fsp3) is 0.265. The molecular formula is C34H33FO6. The molecule has 0 N–H and O–H groups in total. The van der Waals surface area contributed by atoms with E-state index in [0.29, 0.717) is 5.56 Å². The Bertz CT molecular complexity index is 1350. The highest BCUT2D eigenvalue weighted by Crippen LogP contribution is 2.32. The Kier molecular flexibility index (Phi) is 10.0. The van der Waals surface area contributed by atoms with Gasteiger partial charge in [0.2, 0.25) is 0 Å². The van der Waals surface area contributed by atoms with Crippen LogP contribution < -0.4 is 0 Å². The summed E-state index contributed by atoms with van der Waals surface area (Å²) in [6, 6.07) is 34.5. The van der Waals surface area contributed by atoms with Crippen LogP contribution in [0.15, 0.2) is 115 Å². The fourth-order valence-electron chi connectivity index (χ4n) is 4.84. The molecule has 0 aromatic heterocycles. The van der Waals surface area contributed by atoms with Crippen LogP contribution in [-0.2, 0) is 43.5 Å². The molecule has 41 heavy (non-hydrogen) atoms. The first-order valence-electron chi connectivity index (χ1n) is 13.6. The van der Waals surface area contributed by atoms with Crippen LogP contribution in [0.5, 0.6) is 0 Å². The zero-order chi connectivity index (χ0) is 28.4. The summed E-state index contributed by atoms with van der Waals surface area (Å²) in [6.45, 7) is 0.758. The molecule has 0 radical (unpaired) electrons. The number of hydrogen-bond donors (Lipinski definition) is 0. The molecule has 1 aliphatic rings. The van der Waals surface area contributed by atoms with Crippen molar-refractivity contribution in [2.24, 2.45) is 0 Å². The van der Waals surface area contributed by atoms with Gasteiger partial charge in [0.05, 0.1) is 19.8 Å². The minimum absolute atomic E-state index is 0.219. The Hall–Kier alpha value is -3.72. The first-order chi connectivity index (χ1) is 20.1. The molecule has 0 aliphatic carbocycles. The van der Waals surface area contributed by atoms with Crippen molar-refractivity contribution in [3.05, 3.63) is 143 Å². The summed E-state index contributed by atoms with van der Waals surface area (Å²) in [4.78, 5) is 13.8. The zero-order valence-electron chi connectivity index (χ0n) is 22.8. The van der Waals surface area contributed by atoms with E-state index < -0.39 is 36.5 Å². The molecule has 1 heterocycles. The van der Waals surface area contributed by atoms with Gasteiger partial charge >= 0.3 is 0 Å². The summed E-state index contributed by atoms with van der Waals surface area (Å²) in [5.74, 6) is -0.795. The fourth-order valence-corrected chi connectivity index (χ4v) is 4.84. The second kappa shape index (κ2) is 14.3. The molecule has 212 valence electrons. The number of ketones is 1. The second-order valence-electron chi connectivity index (χ2n) is 9.82. The van der Waals surface area contributed by atoms with E-state index in [1.165, 1.54) is 31.4 Å². The Labute approximate surface area is 239 Å². The number of benzene rings is 4. The third-order valence-corrected chi connectivity index (χ3v) is 6.97. The normalized spacial score (nSPS) is 22.3. The van der Waals surface area contributed by atoms with Crippen molar-refractivity contribution in [3.8, 4) is 0 Å². The maximum atomic E-state index is 13.8. The lowest BCUT2D eigenvalue weighted by atomic mass is 9.92. The summed E-state index contributed by atoms with van der Waals surface area (Å²) in [6.07, 6.45) is -4.33. The first kappa shape index (κ1) is 28.8. The number of halogens is 1. The topological polar surface area (TPSA) is 63.2 Å². The van der Waals surface area contributed by atoms with Crippen molar-refractivity contribution in [2.45, 2.75) is 50.5 Å². The molecule has 1 fully saturated rings. The number of carbonyl (C=O) groups is 1. The Balaban J connectivity index is 1.48. The van der Waals surface area contributed by atoms with Gasteiger partial charge in [-0.05, 0) is 41.0 Å². The van der Waals surface area contributed by atoms with E-state index >= 15 is 0 Å². The van der Waals surface area contributed by atoms with Crippen LogP contribution in [0.1, 0.15) is 27.0 Å². The number of methoxy groups -OCH3 is 1. The quantitative estimate of drug-likeness (QED) is 0.196. The lowest BCUT2D eigenvalue weighted by molar-refractivity contribution is -0.307. The van der Waals surface area contributed by atoms with Gasteiger partial charge in [-0.25, -0.2) is 4.39 Å². The van der Waals surface area contributed by atoms with Gasteiger partial charge in [-0.3, -0.25) is 4.79 Å². The van der Waals surface area contributed by atoms with Crippen molar-refractivity contribution in [1.82, 2.24) is 0 Å². The average Bonchev–Trinajstić information content (AvgIpc) is 3.03. The summed E-state index contributed by atoms with van der Waals surface area (Å²) in [5, 5.41) is 0. The van der Waals surface area contributed by atoms with Crippen molar-refractivity contribution < 1.29 is 32.9 Å². The highest BCUT2D eigenvalue weighted by atomic mass is 19.1. The third-order valence-electron chi connectivity index (χ3n) is 6.97. The van der Waals surface area contributed by atoms with Crippen molar-refractivity contribution in [1.29, 1.82) is 0 Å². The maximum absolute atomic E-state index is 13.8. The molecule has 5 rings (SSSR count). The molecule has 1 saturated heterocycles. The van der Waals surface area contributed by atoms with Gasteiger partial charge in [0, 0.05) is 12.7 Å². The lowest BCUT2D eigenvalue weighted by Gasteiger charge is -2.45. The van der Waals surface area contributed by atoms with Crippen LogP contribution in [0.4, 0.5) is 4.39 Å². The number of Topliss-reactive ketones (excluding diaryl/α,β-unsaturated/α-hetero) is 1. The molecule has 0 unspecified atom stereocenters. The minimum atomic E-state index is -1.09. The molecule has 5 atom stereocenters. The molecular weight excluding hydrogens is 523 g/mol. The SMILES string of the molecule is CO[C@H]1O[C@H](C(=O)c2ccc(F)cc2)[C@@H](OCc2ccccc2)[C@H](OCc2ccccc2)[C@H]1OCc1ccccc1. The predicted octanol–water partition coefficient (Wildman–Crippen LogP) is 6.14. The van der Waals surface area contributed by atoms with Crippen LogP contribution in [0.25, 0.3) is 0 Å². The van der Waals surface area contributed by atoms with Gasteiger partial charge in [0.15, 0.2) is 18.2 Å². The molecule has 0 bridgehead atoms. The van der Waals surface area contributed by atoms with Gasteiger partial charge in [-0.2, -0.15) is 0 Å². The van der Waals surface area contributed by atoms with Crippen LogP contribution >= 0.6 is 0 Å². The predicted molar refractivity (Wildman–Crippen MR) is 151 cm³/mol. The van der Waals surface area contributed by atoms with Crippen LogP contribution in [-0.4, -0.2) is 43.6 Å². The molecule has 0 saturated carbocycles. The minimum Gasteiger partial charge on any atom is -0.368 e. The largest absolute Gasteiger partial charge is 0.368 e. The van der Waals surface area contributed by atoms with Gasteiger partial charge in [-0.1, -0.05) is 91.0 Å². The lowest BCUT2D eigenvalue weighted by Crippen LogP contribution is -2.62. The van der Waals surface area contributed by atoms with E-state index in [2.05, 4.69) is 0 Å². The number of carbonyl (C=O) groups excluding carboxylic acids is 1. The number of rotatable bonds is 12. The van der Waals surface area contributed by atoms with Gasteiger partial charge in [0.1, 0.15) is 24.1 Å². The van der Waals surface area contributed by atoms with Gasteiger partial charge < -0.3 is 23.7 Å². The number of ether oxygens (including phenoxy) is 5. The van der Waals surface area contributed by atoms with Gasteiger partial charge in [0.25, 0.3) is 0 Å². The second-order valence-corrected chi connectivity index (χ2v) is 9.82. The van der Waals surface area contributed by atoms with Crippen molar-refractivity contribution in [2.75, 3.05) is 7.11 Å². The molecule has 7 heteroatoms. The molecule has 1 aliphatic heterocycles. The summed E-state index contributed by atoms with van der Waals surface area (Å²) in [7, 11) is 1.50. The Morgan fingerprint density at radius 1 is 0.634 bits per heavy atom. The Morgan fingerprint density at radius 2 is 1.07 bits per heavy atom. The van der Waals surface area contributed by atoms with Crippen LogP contribution in [0.2, 0.25) is 0 Å². The smallest absolute Gasteiger partial charge is 0.194 e. The molecule has 4 aromatic rings. The number of hydrogen-bond acceptors (Lipinski definition) is 6. The van der Waals surface area contributed by atoms with Crippen LogP contribution in [0.3, 0.4) is 0 Å². The van der Waals surface area contributed by atoms with E-state index in [4.69, 9.17) is 23.7 Å². The van der Waals surface area contributed by atoms with E-state index in [1.807, 2.05) is 91.0 Å². The van der Waals surface area contributed by atoms with Crippen LogP contribution in [0, 0.1) is 5.82 Å². The van der Waals surface area contributed by atoms with E-state index in [1.54, 1.807) is 0 Å². The van der Waals surface area contributed by atoms with E-state index in [0.717, 1.165) is 16.7 Å². The monoisotopic (exact) mass is 556 g/mol. The highest BCUT2D eigenvalue weighted by molar-refractivity contribution is 6.00. The maximum Gasteiger partial charge on any atom is 0.194 e. The van der Waals surface area contributed by atoms with E-state index in [-0.39, 0.29) is 25.6 Å². The molecule has 0 spiro atoms. The van der Waals surface area contributed by atoms with Crippen molar-refractivity contribution >= 4 is 5.78 Å².